The van der Waals surface area contributed by atoms with Crippen LogP contribution < -0.4 is 4.74 Å². The van der Waals surface area contributed by atoms with Gasteiger partial charge in [0.1, 0.15) is 0 Å². The zero-order chi connectivity index (χ0) is 8.93. The van der Waals surface area contributed by atoms with Crippen molar-refractivity contribution in [2.24, 2.45) is 5.92 Å². The summed E-state index contributed by atoms with van der Waals surface area (Å²) in [5.41, 5.74) is 0. The lowest BCUT2D eigenvalue weighted by Crippen LogP contribution is -2.03. The van der Waals surface area contributed by atoms with E-state index in [0.717, 1.165) is 18.4 Å². The van der Waals surface area contributed by atoms with Gasteiger partial charge in [0, 0.05) is 12.3 Å². The summed E-state index contributed by atoms with van der Waals surface area (Å²) in [6, 6.07) is 1.86. The van der Waals surface area contributed by atoms with Crippen LogP contribution in [0.15, 0.2) is 12.3 Å². The highest BCUT2D eigenvalue weighted by Gasteiger charge is 2.14. The molecule has 2 rings (SSSR count). The fourth-order valence-electron chi connectivity index (χ4n) is 1.96. The minimum atomic E-state index is 0.720. The Kier molecular flexibility index (Phi) is 2.85. The standard InChI is InChI=1S/C10H16N2O/c1-2-4-9(3-1)6-8-13-10-5-7-11-12-10/h5,7,9H,1-4,6,8H2,(H,11,12). The Morgan fingerprint density at radius 1 is 1.46 bits per heavy atom. The van der Waals surface area contributed by atoms with Crippen molar-refractivity contribution in [2.45, 2.75) is 32.1 Å². The molecule has 0 saturated heterocycles. The smallest absolute Gasteiger partial charge is 0.232 e. The molecule has 1 N–H and O–H groups in total. The second kappa shape index (κ2) is 4.30. The summed E-state index contributed by atoms with van der Waals surface area (Å²) in [4.78, 5) is 0. The van der Waals surface area contributed by atoms with Crippen LogP contribution >= 0.6 is 0 Å². The van der Waals surface area contributed by atoms with Crippen molar-refractivity contribution in [3.8, 4) is 5.88 Å². The van der Waals surface area contributed by atoms with Crippen LogP contribution in [0.1, 0.15) is 32.1 Å². The van der Waals surface area contributed by atoms with Crippen LogP contribution in [0.4, 0.5) is 0 Å². The van der Waals surface area contributed by atoms with Crippen LogP contribution in [0.5, 0.6) is 5.88 Å². The van der Waals surface area contributed by atoms with Crippen LogP contribution in [0, 0.1) is 5.92 Å². The molecular formula is C10H16N2O. The second-order valence-electron chi connectivity index (χ2n) is 3.70. The fourth-order valence-corrected chi connectivity index (χ4v) is 1.96. The number of aromatic nitrogens is 2. The van der Waals surface area contributed by atoms with Crippen molar-refractivity contribution in [3.05, 3.63) is 12.3 Å². The van der Waals surface area contributed by atoms with E-state index < -0.39 is 0 Å². The Labute approximate surface area is 78.5 Å². The van der Waals surface area contributed by atoms with Gasteiger partial charge in [0.05, 0.1) is 6.61 Å². The van der Waals surface area contributed by atoms with Crippen molar-refractivity contribution in [2.75, 3.05) is 6.61 Å². The number of ether oxygens (including phenoxy) is 1. The first-order chi connectivity index (χ1) is 6.45. The molecule has 0 radical (unpaired) electrons. The molecule has 0 atom stereocenters. The van der Waals surface area contributed by atoms with Gasteiger partial charge in [-0.3, -0.25) is 5.10 Å². The van der Waals surface area contributed by atoms with Gasteiger partial charge in [0.15, 0.2) is 0 Å². The molecule has 0 bridgehead atoms. The maximum absolute atomic E-state index is 5.47. The monoisotopic (exact) mass is 180 g/mol. The highest BCUT2D eigenvalue weighted by Crippen LogP contribution is 2.27. The molecular weight excluding hydrogens is 164 g/mol. The van der Waals surface area contributed by atoms with Gasteiger partial charge in [0.25, 0.3) is 0 Å². The lowest BCUT2D eigenvalue weighted by atomic mass is 10.1. The van der Waals surface area contributed by atoms with E-state index in [1.54, 1.807) is 6.20 Å². The summed E-state index contributed by atoms with van der Waals surface area (Å²) in [5, 5.41) is 6.67. The molecule has 1 aromatic heterocycles. The molecule has 1 saturated carbocycles. The largest absolute Gasteiger partial charge is 0.477 e. The zero-order valence-corrected chi connectivity index (χ0v) is 7.83. The average molecular weight is 180 g/mol. The third-order valence-corrected chi connectivity index (χ3v) is 2.73. The molecule has 0 spiro atoms. The van der Waals surface area contributed by atoms with E-state index in [4.69, 9.17) is 4.74 Å². The molecule has 72 valence electrons. The minimum Gasteiger partial charge on any atom is -0.477 e. The van der Waals surface area contributed by atoms with E-state index in [-0.39, 0.29) is 0 Å². The topological polar surface area (TPSA) is 37.9 Å². The third kappa shape index (κ3) is 2.47. The first-order valence-corrected chi connectivity index (χ1v) is 5.08. The number of aromatic amines is 1. The Bertz CT molecular complexity index is 227. The summed E-state index contributed by atoms with van der Waals surface area (Å²) in [7, 11) is 0. The van der Waals surface area contributed by atoms with E-state index in [1.807, 2.05) is 6.07 Å². The SMILES string of the molecule is c1cc(OCCC2CCCC2)n[nH]1. The highest BCUT2D eigenvalue weighted by molar-refractivity contribution is 5.03. The fraction of sp³-hybridized carbons (Fsp3) is 0.700. The molecule has 1 heterocycles. The van der Waals surface area contributed by atoms with Gasteiger partial charge in [0.2, 0.25) is 5.88 Å². The van der Waals surface area contributed by atoms with Gasteiger partial charge in [-0.15, -0.1) is 5.10 Å². The Hall–Kier alpha value is -0.990. The van der Waals surface area contributed by atoms with Crippen LogP contribution in [0.3, 0.4) is 0 Å². The van der Waals surface area contributed by atoms with E-state index in [1.165, 1.54) is 32.1 Å². The van der Waals surface area contributed by atoms with Gasteiger partial charge in [-0.05, 0) is 12.3 Å². The van der Waals surface area contributed by atoms with Crippen molar-refractivity contribution in [3.63, 3.8) is 0 Å². The summed E-state index contributed by atoms with van der Waals surface area (Å²) in [6.07, 6.45) is 8.58. The van der Waals surface area contributed by atoms with Crippen molar-refractivity contribution >= 4 is 0 Å². The lowest BCUT2D eigenvalue weighted by Gasteiger charge is -2.07. The summed E-state index contributed by atoms with van der Waals surface area (Å²) >= 11 is 0. The lowest BCUT2D eigenvalue weighted by molar-refractivity contribution is 0.269. The highest BCUT2D eigenvalue weighted by atomic mass is 16.5. The molecule has 1 fully saturated rings. The Balaban J connectivity index is 1.63. The summed E-state index contributed by atoms with van der Waals surface area (Å²) in [5.74, 6) is 1.62. The molecule has 1 aromatic rings. The predicted molar refractivity (Wildman–Crippen MR) is 50.7 cm³/mol. The predicted octanol–water partition coefficient (Wildman–Crippen LogP) is 2.37. The minimum absolute atomic E-state index is 0.720. The molecule has 0 aliphatic heterocycles. The molecule has 3 heteroatoms. The van der Waals surface area contributed by atoms with Gasteiger partial charge in [-0.1, -0.05) is 25.7 Å². The van der Waals surface area contributed by atoms with Crippen LogP contribution in [0.2, 0.25) is 0 Å². The third-order valence-electron chi connectivity index (χ3n) is 2.73. The van der Waals surface area contributed by atoms with Crippen LogP contribution in [-0.4, -0.2) is 16.8 Å². The molecule has 0 amide bonds. The van der Waals surface area contributed by atoms with Crippen molar-refractivity contribution in [1.82, 2.24) is 10.2 Å². The zero-order valence-electron chi connectivity index (χ0n) is 7.83. The Morgan fingerprint density at radius 3 is 3.00 bits per heavy atom. The van der Waals surface area contributed by atoms with Crippen LogP contribution in [0.25, 0.3) is 0 Å². The first kappa shape index (κ1) is 8.60. The normalized spacial score (nSPS) is 17.8. The number of rotatable bonds is 4. The maximum atomic E-state index is 5.47. The molecule has 1 aliphatic rings. The number of nitrogens with one attached hydrogen (secondary N) is 1. The number of hydrogen-bond donors (Lipinski definition) is 1. The van der Waals surface area contributed by atoms with E-state index in [2.05, 4.69) is 10.2 Å². The van der Waals surface area contributed by atoms with E-state index >= 15 is 0 Å². The van der Waals surface area contributed by atoms with Crippen molar-refractivity contribution < 1.29 is 4.74 Å². The van der Waals surface area contributed by atoms with Crippen LogP contribution in [-0.2, 0) is 0 Å². The van der Waals surface area contributed by atoms with Gasteiger partial charge in [-0.25, -0.2) is 0 Å². The first-order valence-electron chi connectivity index (χ1n) is 5.08. The summed E-state index contributed by atoms with van der Waals surface area (Å²) < 4.78 is 5.47. The number of H-pyrrole nitrogens is 1. The molecule has 3 nitrogen and oxygen atoms in total. The van der Waals surface area contributed by atoms with Gasteiger partial charge in [-0.2, -0.15) is 0 Å². The molecule has 0 aromatic carbocycles. The molecule has 13 heavy (non-hydrogen) atoms. The van der Waals surface area contributed by atoms with E-state index in [0.29, 0.717) is 0 Å². The Morgan fingerprint density at radius 2 is 2.31 bits per heavy atom. The maximum Gasteiger partial charge on any atom is 0.232 e. The molecule has 1 aliphatic carbocycles. The van der Waals surface area contributed by atoms with Crippen molar-refractivity contribution in [1.29, 1.82) is 0 Å². The van der Waals surface area contributed by atoms with E-state index in [9.17, 15) is 0 Å². The number of hydrogen-bond acceptors (Lipinski definition) is 2. The number of nitrogens with zero attached hydrogens (tertiary/aromatic N) is 1. The summed E-state index contributed by atoms with van der Waals surface area (Å²) in [6.45, 7) is 0.815. The second-order valence-corrected chi connectivity index (χ2v) is 3.70. The molecule has 0 unspecified atom stereocenters. The van der Waals surface area contributed by atoms with Gasteiger partial charge < -0.3 is 4.74 Å². The quantitative estimate of drug-likeness (QED) is 0.772. The average Bonchev–Trinajstić information content (AvgIpc) is 2.75. The van der Waals surface area contributed by atoms with Gasteiger partial charge >= 0.3 is 0 Å².